The molecule has 4 fully saturated rings. The first-order valence-electron chi connectivity index (χ1n) is 22.4. The van der Waals surface area contributed by atoms with Crippen LogP contribution in [-0.2, 0) is 42.9 Å². The van der Waals surface area contributed by atoms with Crippen LogP contribution < -0.4 is 10.6 Å². The summed E-state index contributed by atoms with van der Waals surface area (Å²) >= 11 is 0. The van der Waals surface area contributed by atoms with E-state index in [1.807, 2.05) is 48.5 Å². The number of nitrogens with one attached hydrogen (secondary N) is 2. The largest absolute Gasteiger partial charge is 0.481 e. The average Bonchev–Trinajstić information content (AvgIpc) is 3.55. The summed E-state index contributed by atoms with van der Waals surface area (Å²) in [5.41, 5.74) is -1.81. The molecule has 14 nitrogen and oxygen atoms in total. The molecule has 5 aliphatic rings. The highest BCUT2D eigenvalue weighted by Gasteiger charge is 2.63. The maximum Gasteiger partial charge on any atom is 0.309 e. The van der Waals surface area contributed by atoms with Crippen molar-refractivity contribution >= 4 is 23.6 Å². The van der Waals surface area contributed by atoms with Gasteiger partial charge in [-0.3, -0.25) is 19.2 Å². The van der Waals surface area contributed by atoms with Crippen molar-refractivity contribution in [3.8, 4) is 0 Å². The van der Waals surface area contributed by atoms with Gasteiger partial charge in [0, 0.05) is 37.1 Å². The zero-order valence-corrected chi connectivity index (χ0v) is 37.3. The van der Waals surface area contributed by atoms with Crippen LogP contribution in [0.4, 0.5) is 0 Å². The highest BCUT2D eigenvalue weighted by Crippen LogP contribution is 2.54. The Hall–Kier alpha value is -2.46. The highest BCUT2D eigenvalue weighted by atomic mass is 16.8. The quantitative estimate of drug-likeness (QED) is 0.122. The van der Waals surface area contributed by atoms with Gasteiger partial charge in [-0.2, -0.15) is 0 Å². The van der Waals surface area contributed by atoms with Crippen LogP contribution in [0.25, 0.3) is 0 Å². The number of amides is 2. The number of ketones is 1. The molecule has 5 rings (SSSR count). The molecule has 0 aliphatic carbocycles. The molecular weight excluding hydrogens is 760 g/mol. The van der Waals surface area contributed by atoms with Gasteiger partial charge in [-0.1, -0.05) is 61.5 Å². The van der Waals surface area contributed by atoms with Gasteiger partial charge in [0.2, 0.25) is 0 Å². The van der Waals surface area contributed by atoms with Crippen LogP contribution in [0.3, 0.4) is 0 Å². The van der Waals surface area contributed by atoms with Gasteiger partial charge in [0.15, 0.2) is 11.6 Å². The predicted molar refractivity (Wildman–Crippen MR) is 219 cm³/mol. The molecule has 5 N–H and O–H groups in total. The SMILES string of the molecule is CC[C@@H](C(=O)[C@@H](C)[C@@H](O)[C@H](C)[C@@H]1O[C@@H]([C@@H](CC)C(=O)O)CC[C@@H]1C)[C@H]1O[C@]2(C=C[C@@H](NC(=O)C(=O)NC)[C@]3(CC[C@@](C)([C@H]4CC[C@](O)(CC)[C@H](C)O4)O3)O2)[C@H](C)C[C@@H]1C. The molecule has 0 aromatic rings. The van der Waals surface area contributed by atoms with Crippen LogP contribution in [-0.4, -0.2) is 111 Å². The van der Waals surface area contributed by atoms with Crippen LogP contribution in [0.5, 0.6) is 0 Å². The van der Waals surface area contributed by atoms with Gasteiger partial charge in [0.25, 0.3) is 0 Å². The fraction of sp³-hybridized carbons (Fsp3) is 0.867. The normalized spacial score (nSPS) is 42.4. The van der Waals surface area contributed by atoms with E-state index in [0.29, 0.717) is 57.8 Å². The minimum absolute atomic E-state index is 0.0569. The lowest BCUT2D eigenvalue weighted by molar-refractivity contribution is -0.398. The van der Waals surface area contributed by atoms with E-state index in [9.17, 15) is 34.5 Å². The van der Waals surface area contributed by atoms with Crippen molar-refractivity contribution in [2.75, 3.05) is 7.05 Å². The van der Waals surface area contributed by atoms with E-state index in [-0.39, 0.29) is 29.6 Å². The number of likely N-dealkylation sites (N-methyl/N-ethyl adjacent to an activating group) is 1. The lowest BCUT2D eigenvalue weighted by atomic mass is 9.72. The van der Waals surface area contributed by atoms with E-state index in [2.05, 4.69) is 24.5 Å². The van der Waals surface area contributed by atoms with Crippen LogP contribution >= 0.6 is 0 Å². The van der Waals surface area contributed by atoms with Crippen molar-refractivity contribution in [3.63, 3.8) is 0 Å². The van der Waals surface area contributed by atoms with Crippen LogP contribution in [0.1, 0.15) is 133 Å². The second kappa shape index (κ2) is 18.5. The second-order valence-corrected chi connectivity index (χ2v) is 19.0. The Morgan fingerprint density at radius 1 is 0.864 bits per heavy atom. The first-order chi connectivity index (χ1) is 27.6. The Kier molecular flexibility index (Phi) is 14.9. The molecule has 14 heteroatoms. The van der Waals surface area contributed by atoms with Gasteiger partial charge >= 0.3 is 17.8 Å². The molecule has 0 unspecified atom stereocenters. The molecule has 2 amide bonds. The summed E-state index contributed by atoms with van der Waals surface area (Å²) in [6.07, 6.45) is 5.70. The van der Waals surface area contributed by atoms with Crippen molar-refractivity contribution in [1.82, 2.24) is 10.6 Å². The van der Waals surface area contributed by atoms with Crippen LogP contribution in [0, 0.1) is 41.4 Å². The molecule has 18 atom stereocenters. The smallest absolute Gasteiger partial charge is 0.309 e. The Morgan fingerprint density at radius 2 is 1.54 bits per heavy atom. The van der Waals surface area contributed by atoms with Crippen LogP contribution in [0.15, 0.2) is 12.2 Å². The summed E-state index contributed by atoms with van der Waals surface area (Å²) in [6.45, 7) is 19.3. The molecule has 59 heavy (non-hydrogen) atoms. The summed E-state index contributed by atoms with van der Waals surface area (Å²) in [6, 6.07) is -0.866. The van der Waals surface area contributed by atoms with E-state index in [1.54, 1.807) is 19.1 Å². The first kappa shape index (κ1) is 47.6. The van der Waals surface area contributed by atoms with E-state index >= 15 is 0 Å². The van der Waals surface area contributed by atoms with Gasteiger partial charge in [0.1, 0.15) is 11.8 Å². The predicted octanol–water partition coefficient (Wildman–Crippen LogP) is 5.06. The van der Waals surface area contributed by atoms with Crippen molar-refractivity contribution in [2.45, 2.75) is 199 Å². The highest BCUT2D eigenvalue weighted by molar-refractivity contribution is 6.35. The third-order valence-electron chi connectivity index (χ3n) is 15.2. The number of aliphatic hydroxyl groups is 2. The summed E-state index contributed by atoms with van der Waals surface area (Å²) in [7, 11) is 1.39. The second-order valence-electron chi connectivity index (χ2n) is 19.0. The fourth-order valence-corrected chi connectivity index (χ4v) is 11.0. The van der Waals surface area contributed by atoms with Crippen molar-refractivity contribution in [3.05, 3.63) is 12.2 Å². The number of hydrogen-bond donors (Lipinski definition) is 5. The van der Waals surface area contributed by atoms with Gasteiger partial charge in [-0.15, -0.1) is 0 Å². The molecule has 0 radical (unpaired) electrons. The van der Waals surface area contributed by atoms with E-state index in [4.69, 9.17) is 23.7 Å². The van der Waals surface area contributed by atoms with E-state index in [1.165, 1.54) is 7.05 Å². The Balaban J connectivity index is 1.39. The first-order valence-corrected chi connectivity index (χ1v) is 22.4. The van der Waals surface area contributed by atoms with Gasteiger partial charge < -0.3 is 49.6 Å². The van der Waals surface area contributed by atoms with E-state index in [0.717, 1.165) is 6.42 Å². The minimum Gasteiger partial charge on any atom is -0.481 e. The van der Waals surface area contributed by atoms with Gasteiger partial charge in [-0.05, 0) is 89.5 Å². The van der Waals surface area contributed by atoms with Gasteiger partial charge in [0.05, 0.1) is 53.7 Å². The number of carbonyl (C=O) groups is 4. The van der Waals surface area contributed by atoms with Crippen molar-refractivity contribution < 1.29 is 58.2 Å². The molecule has 0 bridgehead atoms. The standard InChI is InChI=1S/C45H74N2O12/c1-12-30(41(52)53)32-16-15-24(4)37(56-32)28(8)35(48)27(7)36(49)31(13-2)38-25(5)23-26(6)44(57-38)20-17-33(47-40(51)39(50)46-11)45(59-44)22-21-42(10,58-45)34-18-19-43(54,14-3)29(9)55-34/h17,20,24-35,37-38,48,54H,12-16,18-19,21-23H2,1-11H3,(H,46,50)(H,47,51)(H,52,53)/t24-,25-,26+,27-,28-,29-,30+,31-,32+,33+,34+,35+,37+,38-,42-,43+,44-,45-/m0/s1. The molecule has 0 aromatic heterocycles. The number of Topliss-reactive ketones (excluding diaryl/α,β-unsaturated/α-hetero) is 1. The third kappa shape index (κ3) is 9.20. The molecule has 336 valence electrons. The van der Waals surface area contributed by atoms with Crippen molar-refractivity contribution in [2.24, 2.45) is 41.4 Å². The molecular formula is C45H74N2O12. The third-order valence-corrected chi connectivity index (χ3v) is 15.2. The number of carboxylic acids is 1. The zero-order valence-electron chi connectivity index (χ0n) is 37.3. The summed E-state index contributed by atoms with van der Waals surface area (Å²) < 4.78 is 34.1. The van der Waals surface area contributed by atoms with Crippen LogP contribution in [0.2, 0.25) is 0 Å². The van der Waals surface area contributed by atoms with Crippen molar-refractivity contribution in [1.29, 1.82) is 0 Å². The minimum atomic E-state index is -1.46. The maximum absolute atomic E-state index is 14.6. The maximum atomic E-state index is 14.6. The summed E-state index contributed by atoms with van der Waals surface area (Å²) in [5, 5.41) is 38.0. The Morgan fingerprint density at radius 3 is 2.14 bits per heavy atom. The number of aliphatic hydroxyl groups excluding tert-OH is 1. The lowest BCUT2D eigenvalue weighted by Gasteiger charge is -2.55. The molecule has 4 saturated heterocycles. The Bertz CT molecular complexity index is 1560. The lowest BCUT2D eigenvalue weighted by Crippen LogP contribution is -2.66. The summed E-state index contributed by atoms with van der Waals surface area (Å²) in [5.74, 6) is -8.09. The topological polar surface area (TPSA) is 199 Å². The summed E-state index contributed by atoms with van der Waals surface area (Å²) in [4.78, 5) is 52.1. The molecule has 2 spiro atoms. The fourth-order valence-electron chi connectivity index (χ4n) is 11.0. The molecule has 0 aromatic carbocycles. The molecule has 5 aliphatic heterocycles. The number of carboxylic acid groups (broad SMARTS) is 1. The number of carbonyl (C=O) groups excluding carboxylic acids is 3. The van der Waals surface area contributed by atoms with E-state index < -0.39 is 101 Å². The monoisotopic (exact) mass is 835 g/mol. The zero-order chi connectivity index (χ0) is 43.8. The number of aliphatic carboxylic acids is 1. The number of hydrogen-bond acceptors (Lipinski definition) is 11. The van der Waals surface area contributed by atoms with Gasteiger partial charge in [-0.25, -0.2) is 0 Å². The Labute approximate surface area is 351 Å². The molecule has 5 heterocycles. The number of rotatable bonds is 13. The molecule has 0 saturated carbocycles. The average molecular weight is 835 g/mol. The number of ether oxygens (including phenoxy) is 5.